The van der Waals surface area contributed by atoms with Crippen LogP contribution in [0, 0.1) is 12.7 Å². The summed E-state index contributed by atoms with van der Waals surface area (Å²) in [6.07, 6.45) is -0.0327. The van der Waals surface area contributed by atoms with E-state index < -0.39 is 11.8 Å². The highest BCUT2D eigenvalue weighted by Gasteiger charge is 2.33. The summed E-state index contributed by atoms with van der Waals surface area (Å²) >= 11 is 0. The molecule has 0 aliphatic carbocycles. The van der Waals surface area contributed by atoms with E-state index in [1.165, 1.54) is 11.1 Å². The molecule has 0 saturated heterocycles. The molecule has 0 bridgehead atoms. The van der Waals surface area contributed by atoms with Crippen LogP contribution in [0.5, 0.6) is 0 Å². The maximum Gasteiger partial charge on any atom is 0.303 e. The Hall–Kier alpha value is -3.02. The standard InChI is InChI=1S/C20H19FN2O3/c1-13-6-8-14(9-7-13)18-12-17(15-4-2-3-5-16(15)21)22-23(18)19(24)10-11-20(25)26/h2-9,18H,10-12H2,1H3,(H,25,26). The largest absolute Gasteiger partial charge is 0.481 e. The molecule has 6 heteroatoms. The van der Waals surface area contributed by atoms with Crippen LogP contribution < -0.4 is 0 Å². The number of aliphatic carboxylic acids is 1. The predicted molar refractivity (Wildman–Crippen MR) is 95.2 cm³/mol. The zero-order valence-corrected chi connectivity index (χ0v) is 14.4. The fourth-order valence-corrected chi connectivity index (χ4v) is 2.97. The fourth-order valence-electron chi connectivity index (χ4n) is 2.97. The summed E-state index contributed by atoms with van der Waals surface area (Å²) in [5, 5.41) is 14.5. The number of hydrogen-bond acceptors (Lipinski definition) is 3. The van der Waals surface area contributed by atoms with E-state index >= 15 is 0 Å². The summed E-state index contributed by atoms with van der Waals surface area (Å²) in [6.45, 7) is 1.97. The minimum Gasteiger partial charge on any atom is -0.481 e. The average Bonchev–Trinajstić information content (AvgIpc) is 3.06. The number of amides is 1. The molecule has 26 heavy (non-hydrogen) atoms. The number of hydrazone groups is 1. The Morgan fingerprint density at radius 3 is 2.50 bits per heavy atom. The van der Waals surface area contributed by atoms with E-state index in [0.717, 1.165) is 11.1 Å². The molecule has 0 radical (unpaired) electrons. The maximum absolute atomic E-state index is 14.1. The Kier molecular flexibility index (Phi) is 5.11. The van der Waals surface area contributed by atoms with Crippen LogP contribution in [0.2, 0.25) is 0 Å². The van der Waals surface area contributed by atoms with Crippen LogP contribution in [0.25, 0.3) is 0 Å². The highest BCUT2D eigenvalue weighted by atomic mass is 19.1. The van der Waals surface area contributed by atoms with Crippen molar-refractivity contribution >= 4 is 17.6 Å². The zero-order chi connectivity index (χ0) is 18.7. The van der Waals surface area contributed by atoms with Gasteiger partial charge < -0.3 is 5.11 Å². The van der Waals surface area contributed by atoms with Crippen LogP contribution in [0.15, 0.2) is 53.6 Å². The van der Waals surface area contributed by atoms with Crippen LogP contribution >= 0.6 is 0 Å². The topological polar surface area (TPSA) is 70.0 Å². The molecular weight excluding hydrogens is 335 g/mol. The minimum atomic E-state index is -1.04. The van der Waals surface area contributed by atoms with Crippen molar-refractivity contribution in [2.24, 2.45) is 5.10 Å². The predicted octanol–water partition coefficient (Wildman–Crippen LogP) is 3.68. The third-order valence-corrected chi connectivity index (χ3v) is 4.37. The molecule has 134 valence electrons. The Balaban J connectivity index is 1.93. The van der Waals surface area contributed by atoms with Gasteiger partial charge in [-0.25, -0.2) is 9.40 Å². The summed E-state index contributed by atoms with van der Waals surface area (Å²) < 4.78 is 14.1. The Bertz CT molecular complexity index is 862. The van der Waals surface area contributed by atoms with E-state index in [0.29, 0.717) is 17.7 Å². The van der Waals surface area contributed by atoms with Crippen molar-refractivity contribution in [1.82, 2.24) is 5.01 Å². The third kappa shape index (κ3) is 3.79. The molecule has 1 amide bonds. The molecule has 5 nitrogen and oxygen atoms in total. The number of carboxylic acids is 1. The van der Waals surface area contributed by atoms with Crippen LogP contribution in [0.1, 0.15) is 42.0 Å². The molecule has 1 N–H and O–H groups in total. The van der Waals surface area contributed by atoms with Gasteiger partial charge >= 0.3 is 5.97 Å². The average molecular weight is 354 g/mol. The Morgan fingerprint density at radius 1 is 1.15 bits per heavy atom. The third-order valence-electron chi connectivity index (χ3n) is 4.37. The molecular formula is C20H19FN2O3. The molecule has 0 aromatic heterocycles. The van der Waals surface area contributed by atoms with Crippen molar-refractivity contribution in [2.45, 2.75) is 32.2 Å². The first kappa shape index (κ1) is 17.8. The smallest absolute Gasteiger partial charge is 0.303 e. The van der Waals surface area contributed by atoms with Gasteiger partial charge in [-0.3, -0.25) is 9.59 Å². The van der Waals surface area contributed by atoms with Gasteiger partial charge in [-0.15, -0.1) is 0 Å². The zero-order valence-electron chi connectivity index (χ0n) is 14.4. The lowest BCUT2D eigenvalue weighted by Crippen LogP contribution is -2.27. The molecule has 1 unspecified atom stereocenters. The lowest BCUT2D eigenvalue weighted by Gasteiger charge is -2.22. The summed E-state index contributed by atoms with van der Waals surface area (Å²) in [6, 6.07) is 13.6. The monoisotopic (exact) mass is 354 g/mol. The molecule has 1 heterocycles. The van der Waals surface area contributed by atoms with Crippen molar-refractivity contribution in [2.75, 3.05) is 0 Å². The lowest BCUT2D eigenvalue weighted by atomic mass is 9.97. The van der Waals surface area contributed by atoms with Crippen molar-refractivity contribution in [1.29, 1.82) is 0 Å². The lowest BCUT2D eigenvalue weighted by molar-refractivity contribution is -0.141. The van der Waals surface area contributed by atoms with E-state index in [1.807, 2.05) is 31.2 Å². The number of carbonyl (C=O) groups is 2. The second kappa shape index (κ2) is 7.47. The Morgan fingerprint density at radius 2 is 1.85 bits per heavy atom. The van der Waals surface area contributed by atoms with Crippen molar-refractivity contribution in [3.05, 3.63) is 71.0 Å². The van der Waals surface area contributed by atoms with Crippen molar-refractivity contribution < 1.29 is 19.1 Å². The molecule has 1 aliphatic heterocycles. The van der Waals surface area contributed by atoms with Gasteiger partial charge in [-0.2, -0.15) is 5.10 Å². The van der Waals surface area contributed by atoms with Gasteiger partial charge in [-0.1, -0.05) is 48.0 Å². The summed E-state index contributed by atoms with van der Waals surface area (Å²) in [5.41, 5.74) is 2.82. The first-order chi connectivity index (χ1) is 12.5. The number of aryl methyl sites for hydroxylation is 1. The van der Waals surface area contributed by atoms with E-state index in [1.54, 1.807) is 18.2 Å². The van der Waals surface area contributed by atoms with Gasteiger partial charge in [0, 0.05) is 18.4 Å². The number of halogens is 1. The molecule has 0 fully saturated rings. The number of hydrogen-bond donors (Lipinski definition) is 1. The molecule has 0 saturated carbocycles. The summed E-state index contributed by atoms with van der Waals surface area (Å²) in [5.74, 6) is -1.82. The van der Waals surface area contributed by atoms with Gasteiger partial charge in [0.15, 0.2) is 0 Å². The van der Waals surface area contributed by atoms with Crippen LogP contribution in [0.4, 0.5) is 4.39 Å². The van der Waals surface area contributed by atoms with Crippen molar-refractivity contribution in [3.63, 3.8) is 0 Å². The molecule has 1 atom stereocenters. The molecule has 3 rings (SSSR count). The number of carbonyl (C=O) groups excluding carboxylic acids is 1. The summed E-state index contributed by atoms with van der Waals surface area (Å²) in [4.78, 5) is 23.3. The van der Waals surface area contributed by atoms with Crippen LogP contribution in [-0.2, 0) is 9.59 Å². The minimum absolute atomic E-state index is 0.147. The second-order valence-corrected chi connectivity index (χ2v) is 6.29. The van der Waals surface area contributed by atoms with E-state index in [4.69, 9.17) is 5.11 Å². The maximum atomic E-state index is 14.1. The van der Waals surface area contributed by atoms with E-state index in [9.17, 15) is 14.0 Å². The highest BCUT2D eigenvalue weighted by molar-refractivity contribution is 6.03. The van der Waals surface area contributed by atoms with Gasteiger partial charge in [0.05, 0.1) is 18.2 Å². The van der Waals surface area contributed by atoms with Crippen molar-refractivity contribution in [3.8, 4) is 0 Å². The molecule has 1 aliphatic rings. The van der Waals surface area contributed by atoms with Gasteiger partial charge in [0.2, 0.25) is 5.91 Å². The molecule has 2 aromatic rings. The first-order valence-electron chi connectivity index (χ1n) is 8.38. The van der Waals surface area contributed by atoms with Gasteiger partial charge in [0.25, 0.3) is 0 Å². The van der Waals surface area contributed by atoms with Crippen LogP contribution in [-0.4, -0.2) is 27.7 Å². The first-order valence-corrected chi connectivity index (χ1v) is 8.38. The summed E-state index contributed by atoms with van der Waals surface area (Å²) in [7, 11) is 0. The Labute approximate surface area is 150 Å². The fraction of sp³-hybridized carbons (Fsp3) is 0.250. The van der Waals surface area contributed by atoms with E-state index in [-0.39, 0.29) is 24.8 Å². The SMILES string of the molecule is Cc1ccc(C2CC(c3ccccc3F)=NN2C(=O)CCC(=O)O)cc1. The van der Waals surface area contributed by atoms with Crippen LogP contribution in [0.3, 0.4) is 0 Å². The number of rotatable bonds is 5. The quantitative estimate of drug-likeness (QED) is 0.890. The van der Waals surface area contributed by atoms with Gasteiger partial charge in [-0.05, 0) is 18.6 Å². The number of carboxylic acid groups (broad SMARTS) is 1. The molecule has 2 aromatic carbocycles. The molecule has 0 spiro atoms. The number of nitrogens with zero attached hydrogens (tertiary/aromatic N) is 2. The highest BCUT2D eigenvalue weighted by Crippen LogP contribution is 2.34. The van der Waals surface area contributed by atoms with E-state index in [2.05, 4.69) is 5.10 Å². The number of benzene rings is 2. The normalized spacial score (nSPS) is 16.5. The second-order valence-electron chi connectivity index (χ2n) is 6.29. The van der Waals surface area contributed by atoms with Gasteiger partial charge in [0.1, 0.15) is 5.82 Å².